The van der Waals surface area contributed by atoms with Crippen LogP contribution < -0.4 is 10.1 Å². The van der Waals surface area contributed by atoms with Crippen LogP contribution in [0.2, 0.25) is 0 Å². The lowest BCUT2D eigenvalue weighted by atomic mass is 10.1. The van der Waals surface area contributed by atoms with Crippen LogP contribution in [-0.2, 0) is 13.0 Å². The molecule has 0 aliphatic carbocycles. The molecule has 3 aromatic rings. The molecule has 138 valence electrons. The highest BCUT2D eigenvalue weighted by molar-refractivity contribution is 5.97. The number of amides is 1. The summed E-state index contributed by atoms with van der Waals surface area (Å²) in [5.74, 6) is 1.31. The van der Waals surface area contributed by atoms with Crippen molar-refractivity contribution >= 4 is 17.4 Å². The van der Waals surface area contributed by atoms with Gasteiger partial charge >= 0.3 is 0 Å². The SMILES string of the molecule is COc1ccccc1C(=O)N1CCc2onc(Nc3cccc(F)c3)c2C1. The number of nitrogens with zero attached hydrogens (tertiary/aromatic N) is 2. The third-order valence-corrected chi connectivity index (χ3v) is 4.54. The number of carbonyl (C=O) groups is 1. The monoisotopic (exact) mass is 367 g/mol. The molecule has 0 fully saturated rings. The predicted octanol–water partition coefficient (Wildman–Crippen LogP) is 3.76. The number of nitrogens with one attached hydrogen (secondary N) is 1. The van der Waals surface area contributed by atoms with Crippen molar-refractivity contribution in [2.45, 2.75) is 13.0 Å². The second-order valence-corrected chi connectivity index (χ2v) is 6.25. The minimum atomic E-state index is -0.342. The van der Waals surface area contributed by atoms with Crippen molar-refractivity contribution in [2.75, 3.05) is 19.0 Å². The van der Waals surface area contributed by atoms with Gasteiger partial charge in [0.05, 0.1) is 24.8 Å². The average molecular weight is 367 g/mol. The van der Waals surface area contributed by atoms with E-state index in [0.29, 0.717) is 42.3 Å². The fourth-order valence-corrected chi connectivity index (χ4v) is 3.18. The Bertz CT molecular complexity index is 986. The lowest BCUT2D eigenvalue weighted by molar-refractivity contribution is 0.0726. The lowest BCUT2D eigenvalue weighted by Gasteiger charge is -2.27. The van der Waals surface area contributed by atoms with Crippen molar-refractivity contribution in [3.05, 3.63) is 71.2 Å². The Balaban J connectivity index is 1.57. The number of methoxy groups -OCH3 is 1. The van der Waals surface area contributed by atoms with E-state index in [9.17, 15) is 9.18 Å². The van der Waals surface area contributed by atoms with Crippen LogP contribution in [0, 0.1) is 5.82 Å². The third kappa shape index (κ3) is 3.36. The zero-order chi connectivity index (χ0) is 18.8. The van der Waals surface area contributed by atoms with Crippen LogP contribution >= 0.6 is 0 Å². The van der Waals surface area contributed by atoms with E-state index in [0.717, 1.165) is 11.3 Å². The first-order chi connectivity index (χ1) is 13.2. The summed E-state index contributed by atoms with van der Waals surface area (Å²) in [5.41, 5.74) is 1.88. The second kappa shape index (κ2) is 7.11. The van der Waals surface area contributed by atoms with Gasteiger partial charge in [0.2, 0.25) is 0 Å². The fraction of sp³-hybridized carbons (Fsp3) is 0.200. The van der Waals surface area contributed by atoms with Gasteiger partial charge in [0.15, 0.2) is 5.82 Å². The van der Waals surface area contributed by atoms with Gasteiger partial charge in [0, 0.05) is 18.7 Å². The molecule has 0 atom stereocenters. The van der Waals surface area contributed by atoms with Crippen molar-refractivity contribution in [2.24, 2.45) is 0 Å². The molecule has 27 heavy (non-hydrogen) atoms. The molecule has 7 heteroatoms. The summed E-state index contributed by atoms with van der Waals surface area (Å²) in [6, 6.07) is 13.2. The smallest absolute Gasteiger partial charge is 0.257 e. The van der Waals surface area contributed by atoms with Crippen LogP contribution in [0.5, 0.6) is 5.75 Å². The molecule has 1 amide bonds. The molecule has 1 aliphatic heterocycles. The number of halogens is 1. The van der Waals surface area contributed by atoms with E-state index in [1.165, 1.54) is 12.1 Å². The zero-order valence-corrected chi connectivity index (χ0v) is 14.7. The Labute approximate surface area is 155 Å². The van der Waals surface area contributed by atoms with Crippen LogP contribution in [-0.4, -0.2) is 29.6 Å². The predicted molar refractivity (Wildman–Crippen MR) is 97.6 cm³/mol. The van der Waals surface area contributed by atoms with Gasteiger partial charge in [-0.1, -0.05) is 23.4 Å². The molecule has 0 saturated heterocycles. The maximum Gasteiger partial charge on any atom is 0.257 e. The molecular weight excluding hydrogens is 349 g/mol. The minimum Gasteiger partial charge on any atom is -0.496 e. The van der Waals surface area contributed by atoms with Crippen molar-refractivity contribution in [3.63, 3.8) is 0 Å². The first-order valence-electron chi connectivity index (χ1n) is 8.58. The van der Waals surface area contributed by atoms with Crippen molar-refractivity contribution in [1.82, 2.24) is 10.1 Å². The number of para-hydroxylation sites is 1. The van der Waals surface area contributed by atoms with E-state index in [1.807, 2.05) is 12.1 Å². The van der Waals surface area contributed by atoms with Crippen LogP contribution in [0.15, 0.2) is 53.1 Å². The summed E-state index contributed by atoms with van der Waals surface area (Å²) in [7, 11) is 1.54. The van der Waals surface area contributed by atoms with Crippen molar-refractivity contribution < 1.29 is 18.4 Å². The molecule has 1 aromatic heterocycles. The van der Waals surface area contributed by atoms with Crippen LogP contribution in [0.4, 0.5) is 15.9 Å². The van der Waals surface area contributed by atoms with E-state index in [-0.39, 0.29) is 11.7 Å². The van der Waals surface area contributed by atoms with Crippen LogP contribution in [0.1, 0.15) is 21.7 Å². The number of aromatic nitrogens is 1. The molecule has 2 aromatic carbocycles. The van der Waals surface area contributed by atoms with E-state index in [4.69, 9.17) is 9.26 Å². The molecule has 2 heterocycles. The van der Waals surface area contributed by atoms with Gasteiger partial charge in [0.1, 0.15) is 17.3 Å². The highest BCUT2D eigenvalue weighted by Gasteiger charge is 2.29. The number of fused-ring (bicyclic) bond motifs is 1. The topological polar surface area (TPSA) is 67.6 Å². The van der Waals surface area contributed by atoms with Gasteiger partial charge in [-0.15, -0.1) is 0 Å². The lowest BCUT2D eigenvalue weighted by Crippen LogP contribution is -2.35. The third-order valence-electron chi connectivity index (χ3n) is 4.54. The normalized spacial score (nSPS) is 13.2. The first kappa shape index (κ1) is 17.1. The molecule has 1 aliphatic rings. The number of hydrogen-bond acceptors (Lipinski definition) is 5. The molecule has 0 unspecified atom stereocenters. The summed E-state index contributed by atoms with van der Waals surface area (Å²) < 4.78 is 24.1. The Morgan fingerprint density at radius 2 is 2.11 bits per heavy atom. The Hall–Kier alpha value is -3.35. The number of rotatable bonds is 4. The molecule has 1 N–H and O–H groups in total. The fourth-order valence-electron chi connectivity index (χ4n) is 3.18. The van der Waals surface area contributed by atoms with Gasteiger partial charge in [-0.2, -0.15) is 0 Å². The number of benzene rings is 2. The summed E-state index contributed by atoms with van der Waals surface area (Å²) in [6.45, 7) is 0.881. The molecule has 0 radical (unpaired) electrons. The van der Waals surface area contributed by atoms with Gasteiger partial charge in [0.25, 0.3) is 5.91 Å². The van der Waals surface area contributed by atoms with Crippen molar-refractivity contribution in [3.8, 4) is 5.75 Å². The summed E-state index contributed by atoms with van der Waals surface area (Å²) in [6.07, 6.45) is 0.564. The molecule has 0 bridgehead atoms. The summed E-state index contributed by atoms with van der Waals surface area (Å²) in [4.78, 5) is 14.7. The highest BCUT2D eigenvalue weighted by atomic mass is 19.1. The number of ether oxygens (including phenoxy) is 1. The van der Waals surface area contributed by atoms with Gasteiger partial charge in [-0.3, -0.25) is 4.79 Å². The molecular formula is C20H18FN3O3. The van der Waals surface area contributed by atoms with E-state index in [1.54, 1.807) is 36.3 Å². The van der Waals surface area contributed by atoms with Gasteiger partial charge in [-0.05, 0) is 30.3 Å². The number of hydrogen-bond donors (Lipinski definition) is 1. The van der Waals surface area contributed by atoms with Gasteiger partial charge in [-0.25, -0.2) is 4.39 Å². The standard InChI is InChI=1S/C20H18FN3O3/c1-26-17-8-3-2-7-15(17)20(25)24-10-9-18-16(12-24)19(23-27-18)22-14-6-4-5-13(21)11-14/h2-8,11H,9-10,12H2,1H3,(H,22,23). The Morgan fingerprint density at radius 3 is 2.93 bits per heavy atom. The van der Waals surface area contributed by atoms with E-state index < -0.39 is 0 Å². The number of carbonyl (C=O) groups excluding carboxylic acids is 1. The van der Waals surface area contributed by atoms with Crippen LogP contribution in [0.25, 0.3) is 0 Å². The minimum absolute atomic E-state index is 0.115. The first-order valence-corrected chi connectivity index (χ1v) is 8.58. The number of anilines is 2. The second-order valence-electron chi connectivity index (χ2n) is 6.25. The Morgan fingerprint density at radius 1 is 1.26 bits per heavy atom. The van der Waals surface area contributed by atoms with Crippen molar-refractivity contribution in [1.29, 1.82) is 0 Å². The Kier molecular flexibility index (Phi) is 4.50. The molecule has 4 rings (SSSR count). The quantitative estimate of drug-likeness (QED) is 0.760. The zero-order valence-electron chi connectivity index (χ0n) is 14.7. The molecule has 0 saturated carbocycles. The summed E-state index contributed by atoms with van der Waals surface area (Å²) in [5, 5.41) is 7.12. The largest absolute Gasteiger partial charge is 0.496 e. The highest BCUT2D eigenvalue weighted by Crippen LogP contribution is 2.30. The van der Waals surface area contributed by atoms with Gasteiger partial charge < -0.3 is 19.5 Å². The van der Waals surface area contributed by atoms with E-state index in [2.05, 4.69) is 10.5 Å². The van der Waals surface area contributed by atoms with Crippen LogP contribution in [0.3, 0.4) is 0 Å². The van der Waals surface area contributed by atoms with E-state index >= 15 is 0 Å². The molecule has 0 spiro atoms. The maximum atomic E-state index is 13.4. The molecule has 6 nitrogen and oxygen atoms in total. The maximum absolute atomic E-state index is 13.4. The summed E-state index contributed by atoms with van der Waals surface area (Å²) >= 11 is 0. The average Bonchev–Trinajstić information content (AvgIpc) is 3.09.